The van der Waals surface area contributed by atoms with Gasteiger partial charge in [-0.05, 0) is 33.1 Å². The fourth-order valence-electron chi connectivity index (χ4n) is 1.55. The van der Waals surface area contributed by atoms with E-state index in [1.165, 1.54) is 18.2 Å². The lowest BCUT2D eigenvalue weighted by molar-refractivity contribution is -0.384. The van der Waals surface area contributed by atoms with Crippen LogP contribution < -0.4 is 11.5 Å². The maximum atomic E-state index is 10.7. The fraction of sp³-hybridized carbons (Fsp3) is 0.417. The summed E-state index contributed by atoms with van der Waals surface area (Å²) in [7, 11) is 3.96. The highest BCUT2D eigenvalue weighted by atomic mass is 16.6. The van der Waals surface area contributed by atoms with Crippen LogP contribution in [0.1, 0.15) is 12.0 Å². The summed E-state index contributed by atoms with van der Waals surface area (Å²) in [6, 6.07) is 4.16. The average Bonchev–Trinajstić information content (AvgIpc) is 2.34. The van der Waals surface area contributed by atoms with Crippen molar-refractivity contribution in [3.63, 3.8) is 0 Å². The highest BCUT2D eigenvalue weighted by Gasteiger charge is 2.11. The minimum Gasteiger partial charge on any atom is -0.398 e. The molecule has 0 bridgehead atoms. The predicted octanol–water partition coefficient (Wildman–Crippen LogP) is 0.834. The average molecular weight is 265 g/mol. The molecule has 0 radical (unpaired) electrons. The maximum Gasteiger partial charge on any atom is 0.270 e. The van der Waals surface area contributed by atoms with E-state index in [1.54, 1.807) is 0 Å². The molecule has 0 amide bonds. The number of nitrogens with zero attached hydrogens (tertiary/aromatic N) is 3. The topological polar surface area (TPSA) is 111 Å². The highest BCUT2D eigenvalue weighted by molar-refractivity contribution is 6.02. The van der Waals surface area contributed by atoms with Crippen molar-refractivity contribution in [3.8, 4) is 0 Å². The molecule has 1 aromatic rings. The van der Waals surface area contributed by atoms with Gasteiger partial charge < -0.3 is 16.4 Å². The van der Waals surface area contributed by atoms with Gasteiger partial charge in [-0.25, -0.2) is 0 Å². The number of aliphatic imine (C=N–C) groups is 1. The summed E-state index contributed by atoms with van der Waals surface area (Å²) in [6.07, 6.45) is 0.864. The smallest absolute Gasteiger partial charge is 0.270 e. The molecule has 0 unspecified atom stereocenters. The van der Waals surface area contributed by atoms with E-state index in [2.05, 4.69) is 4.99 Å². The molecule has 104 valence electrons. The van der Waals surface area contributed by atoms with Crippen LogP contribution in [0.4, 0.5) is 11.4 Å². The zero-order chi connectivity index (χ0) is 14.4. The third-order valence-electron chi connectivity index (χ3n) is 2.57. The van der Waals surface area contributed by atoms with E-state index in [4.69, 9.17) is 11.5 Å². The van der Waals surface area contributed by atoms with Gasteiger partial charge in [-0.3, -0.25) is 15.1 Å². The Morgan fingerprint density at radius 1 is 1.47 bits per heavy atom. The highest BCUT2D eigenvalue weighted by Crippen LogP contribution is 2.19. The summed E-state index contributed by atoms with van der Waals surface area (Å²) in [4.78, 5) is 16.5. The van der Waals surface area contributed by atoms with Crippen LogP contribution in [0.15, 0.2) is 23.2 Å². The van der Waals surface area contributed by atoms with Gasteiger partial charge in [-0.2, -0.15) is 0 Å². The number of nitro benzene ring substituents is 1. The Morgan fingerprint density at radius 3 is 2.74 bits per heavy atom. The number of nitro groups is 1. The monoisotopic (exact) mass is 265 g/mol. The standard InChI is InChI=1S/C12H19N5O2/c1-16(2)7-3-6-15-12(14)10-8-9(17(18)19)4-5-11(10)13/h4-5,8H,3,6-7,13H2,1-2H3,(H2,14,15). The summed E-state index contributed by atoms with van der Waals surface area (Å²) in [5, 5.41) is 10.7. The maximum absolute atomic E-state index is 10.7. The van der Waals surface area contributed by atoms with E-state index in [0.717, 1.165) is 13.0 Å². The van der Waals surface area contributed by atoms with E-state index in [0.29, 0.717) is 17.8 Å². The number of hydrogen-bond acceptors (Lipinski definition) is 5. The summed E-state index contributed by atoms with van der Waals surface area (Å²) in [5.41, 5.74) is 12.3. The van der Waals surface area contributed by atoms with E-state index < -0.39 is 4.92 Å². The molecule has 0 spiro atoms. The number of benzene rings is 1. The molecule has 1 rings (SSSR count). The largest absolute Gasteiger partial charge is 0.398 e. The van der Waals surface area contributed by atoms with Gasteiger partial charge in [-0.1, -0.05) is 0 Å². The van der Waals surface area contributed by atoms with E-state index in [9.17, 15) is 10.1 Å². The normalized spacial score (nSPS) is 11.8. The number of nitrogens with two attached hydrogens (primary N) is 2. The number of anilines is 1. The van der Waals surface area contributed by atoms with Gasteiger partial charge in [0.2, 0.25) is 0 Å². The van der Waals surface area contributed by atoms with Crippen molar-refractivity contribution in [2.45, 2.75) is 6.42 Å². The van der Waals surface area contributed by atoms with Crippen molar-refractivity contribution in [1.82, 2.24) is 4.90 Å². The Kier molecular flexibility index (Phi) is 5.25. The van der Waals surface area contributed by atoms with Gasteiger partial charge in [0.25, 0.3) is 5.69 Å². The molecule has 0 fully saturated rings. The molecule has 19 heavy (non-hydrogen) atoms. The molecule has 0 atom stereocenters. The lowest BCUT2D eigenvalue weighted by Gasteiger charge is -2.08. The second kappa shape index (κ2) is 6.69. The van der Waals surface area contributed by atoms with Crippen molar-refractivity contribution >= 4 is 17.2 Å². The molecule has 1 aromatic carbocycles. The molecule has 7 heteroatoms. The number of amidine groups is 1. The second-order valence-corrected chi connectivity index (χ2v) is 4.45. The molecular formula is C12H19N5O2. The Hall–Kier alpha value is -2.15. The first-order valence-electron chi connectivity index (χ1n) is 5.90. The first kappa shape index (κ1) is 14.9. The molecule has 0 saturated carbocycles. The van der Waals surface area contributed by atoms with Gasteiger partial charge in [0, 0.05) is 29.9 Å². The first-order valence-corrected chi connectivity index (χ1v) is 5.90. The van der Waals surface area contributed by atoms with E-state index in [1.807, 2.05) is 19.0 Å². The van der Waals surface area contributed by atoms with Gasteiger partial charge in [-0.15, -0.1) is 0 Å². The Bertz CT molecular complexity index is 485. The van der Waals surface area contributed by atoms with Crippen molar-refractivity contribution in [1.29, 1.82) is 0 Å². The SMILES string of the molecule is CN(C)CCCN=C(N)c1cc([N+](=O)[O-])ccc1N. The van der Waals surface area contributed by atoms with Crippen LogP contribution in [0.2, 0.25) is 0 Å². The third-order valence-corrected chi connectivity index (χ3v) is 2.57. The predicted molar refractivity (Wildman–Crippen MR) is 76.3 cm³/mol. The molecule has 0 aliphatic carbocycles. The zero-order valence-electron chi connectivity index (χ0n) is 11.2. The summed E-state index contributed by atoms with van der Waals surface area (Å²) in [5.74, 6) is 0.236. The quantitative estimate of drug-likeness (QED) is 0.198. The van der Waals surface area contributed by atoms with Gasteiger partial charge in [0.05, 0.1) is 4.92 Å². The molecule has 4 N–H and O–H groups in total. The Balaban J connectivity index is 2.80. The van der Waals surface area contributed by atoms with Crippen molar-refractivity contribution in [2.24, 2.45) is 10.7 Å². The molecule has 0 aliphatic heterocycles. The number of nitrogen functional groups attached to an aromatic ring is 1. The third kappa shape index (κ3) is 4.55. The van der Waals surface area contributed by atoms with Crippen LogP contribution in [0.5, 0.6) is 0 Å². The summed E-state index contributed by atoms with van der Waals surface area (Å²) >= 11 is 0. The van der Waals surface area contributed by atoms with E-state index in [-0.39, 0.29) is 11.5 Å². The van der Waals surface area contributed by atoms with E-state index >= 15 is 0 Å². The Morgan fingerprint density at radius 2 is 2.16 bits per heavy atom. The van der Waals surface area contributed by atoms with Crippen LogP contribution in [0.3, 0.4) is 0 Å². The minimum atomic E-state index is -0.484. The number of rotatable bonds is 6. The van der Waals surface area contributed by atoms with Crippen molar-refractivity contribution < 1.29 is 4.92 Å². The summed E-state index contributed by atoms with van der Waals surface area (Å²) < 4.78 is 0. The molecule has 7 nitrogen and oxygen atoms in total. The van der Waals surface area contributed by atoms with Gasteiger partial charge >= 0.3 is 0 Å². The van der Waals surface area contributed by atoms with Crippen LogP contribution in [0, 0.1) is 10.1 Å². The second-order valence-electron chi connectivity index (χ2n) is 4.45. The molecule has 0 heterocycles. The van der Waals surface area contributed by atoms with Crippen molar-refractivity contribution in [2.75, 3.05) is 32.9 Å². The van der Waals surface area contributed by atoms with Crippen molar-refractivity contribution in [3.05, 3.63) is 33.9 Å². The van der Waals surface area contributed by atoms with Crippen LogP contribution in [-0.2, 0) is 0 Å². The molecular weight excluding hydrogens is 246 g/mol. The first-order chi connectivity index (χ1) is 8.91. The molecule has 0 saturated heterocycles. The molecule has 0 aromatic heterocycles. The lowest BCUT2D eigenvalue weighted by atomic mass is 10.1. The van der Waals surface area contributed by atoms with Gasteiger partial charge in [0.1, 0.15) is 5.84 Å². The zero-order valence-corrected chi connectivity index (χ0v) is 11.2. The Labute approximate surface area is 112 Å². The lowest BCUT2D eigenvalue weighted by Crippen LogP contribution is -2.18. The number of non-ortho nitro benzene ring substituents is 1. The molecule has 0 aliphatic rings. The van der Waals surface area contributed by atoms with Crippen LogP contribution in [-0.4, -0.2) is 42.8 Å². The number of hydrogen-bond donors (Lipinski definition) is 2. The summed E-state index contributed by atoms with van der Waals surface area (Å²) in [6.45, 7) is 1.47. The van der Waals surface area contributed by atoms with Crippen LogP contribution >= 0.6 is 0 Å². The van der Waals surface area contributed by atoms with Gasteiger partial charge in [0.15, 0.2) is 0 Å². The van der Waals surface area contributed by atoms with Crippen LogP contribution in [0.25, 0.3) is 0 Å². The minimum absolute atomic E-state index is 0.0457. The fourth-order valence-corrected chi connectivity index (χ4v) is 1.55.